The number of amides is 1. The van der Waals surface area contributed by atoms with Crippen LogP contribution in [-0.4, -0.2) is 35.4 Å². The second-order valence-electron chi connectivity index (χ2n) is 10.7. The fraction of sp³-hybridized carbons (Fsp3) is 0.423. The molecule has 4 aliphatic rings. The highest BCUT2D eigenvalue weighted by atomic mass is 35.5. The van der Waals surface area contributed by atoms with Crippen LogP contribution in [0.2, 0.25) is 5.02 Å². The van der Waals surface area contributed by atoms with E-state index >= 15 is 0 Å². The van der Waals surface area contributed by atoms with E-state index in [-0.39, 0.29) is 11.3 Å². The van der Waals surface area contributed by atoms with Crippen LogP contribution in [0.1, 0.15) is 44.2 Å². The van der Waals surface area contributed by atoms with Gasteiger partial charge in [0.05, 0.1) is 28.4 Å². The minimum atomic E-state index is -0.240. The summed E-state index contributed by atoms with van der Waals surface area (Å²) in [5.74, 6) is 3.47. The largest absolute Gasteiger partial charge is 0.310 e. The second-order valence-corrected chi connectivity index (χ2v) is 11.1. The summed E-state index contributed by atoms with van der Waals surface area (Å²) >= 11 is 6.20. The van der Waals surface area contributed by atoms with Gasteiger partial charge in [-0.1, -0.05) is 17.7 Å². The van der Waals surface area contributed by atoms with E-state index in [9.17, 15) is 4.79 Å². The van der Waals surface area contributed by atoms with E-state index in [1.807, 2.05) is 37.3 Å². The Morgan fingerprint density at radius 2 is 1.80 bits per heavy atom. The van der Waals surface area contributed by atoms with Gasteiger partial charge in [-0.2, -0.15) is 14.9 Å². The summed E-state index contributed by atoms with van der Waals surface area (Å²) in [4.78, 5) is 22.7. The number of carbonyl (C=O) groups is 1. The number of benzene rings is 1. The zero-order chi connectivity index (χ0) is 23.7. The average Bonchev–Trinajstić information content (AvgIpc) is 3.41. The number of hydrogen-bond donors (Lipinski definition) is 1. The lowest BCUT2D eigenvalue weighted by atomic mass is 9.49. The predicted octanol–water partition coefficient (Wildman–Crippen LogP) is 5.12. The number of hydrogen-bond acceptors (Lipinski definition) is 5. The molecule has 4 aliphatic carbocycles. The van der Waals surface area contributed by atoms with Gasteiger partial charge in [-0.15, -0.1) is 0 Å². The molecule has 8 rings (SSSR count). The lowest BCUT2D eigenvalue weighted by Crippen LogP contribution is -2.51. The van der Waals surface area contributed by atoms with Crippen LogP contribution < -0.4 is 5.32 Å². The number of rotatable bonds is 4. The van der Waals surface area contributed by atoms with E-state index in [2.05, 4.69) is 25.5 Å². The Morgan fingerprint density at radius 1 is 1.06 bits per heavy atom. The minimum absolute atomic E-state index is 0.137. The first kappa shape index (κ1) is 21.1. The number of carbonyl (C=O) groups excluding carboxylic acids is 1. The van der Waals surface area contributed by atoms with Crippen LogP contribution in [0.5, 0.6) is 0 Å². The highest BCUT2D eigenvalue weighted by Crippen LogP contribution is 2.60. The van der Waals surface area contributed by atoms with Gasteiger partial charge < -0.3 is 5.32 Å². The maximum absolute atomic E-state index is 13.7. The second kappa shape index (κ2) is 7.62. The van der Waals surface area contributed by atoms with E-state index < -0.39 is 0 Å². The van der Waals surface area contributed by atoms with E-state index in [1.165, 1.54) is 25.6 Å². The molecule has 3 heterocycles. The molecule has 0 radical (unpaired) electrons. The first-order valence-electron chi connectivity index (χ1n) is 12.3. The molecule has 1 amide bonds. The number of fused-ring (bicyclic) bond motifs is 1. The first-order chi connectivity index (χ1) is 17.0. The van der Waals surface area contributed by atoms with Crippen molar-refractivity contribution in [2.75, 3.05) is 5.32 Å². The van der Waals surface area contributed by atoms with Crippen LogP contribution in [0, 0.1) is 30.1 Å². The quantitative estimate of drug-likeness (QED) is 0.431. The summed E-state index contributed by atoms with van der Waals surface area (Å²) in [6, 6.07) is 9.37. The minimum Gasteiger partial charge on any atom is -0.310 e. The van der Waals surface area contributed by atoms with Gasteiger partial charge in [0, 0.05) is 11.1 Å². The molecule has 1 aromatic carbocycles. The number of anilines is 1. The first-order valence-corrected chi connectivity index (χ1v) is 12.7. The van der Waals surface area contributed by atoms with Crippen molar-refractivity contribution in [3.8, 4) is 11.5 Å². The van der Waals surface area contributed by atoms with E-state index in [1.54, 1.807) is 15.6 Å². The van der Waals surface area contributed by atoms with Crippen LogP contribution in [0.25, 0.3) is 22.5 Å². The van der Waals surface area contributed by atoms with Crippen molar-refractivity contribution in [1.82, 2.24) is 29.5 Å². The van der Waals surface area contributed by atoms with E-state index in [0.717, 1.165) is 36.0 Å². The topological polar surface area (TPSA) is 90.5 Å². The van der Waals surface area contributed by atoms with Gasteiger partial charge in [-0.05, 0) is 81.4 Å². The summed E-state index contributed by atoms with van der Waals surface area (Å²) in [7, 11) is 0. The smallest absolute Gasteiger partial charge is 0.231 e. The normalized spacial score (nSPS) is 27.0. The van der Waals surface area contributed by atoms with Crippen LogP contribution in [0.15, 0.2) is 42.9 Å². The lowest BCUT2D eigenvalue weighted by molar-refractivity contribution is -0.140. The lowest BCUT2D eigenvalue weighted by Gasteiger charge is -2.55. The molecule has 1 N–H and O–H groups in total. The zero-order valence-corrected chi connectivity index (χ0v) is 20.2. The molecular formula is C26H26ClN7O. The van der Waals surface area contributed by atoms with Crippen LogP contribution in [-0.2, 0) is 4.79 Å². The molecule has 4 saturated carbocycles. The van der Waals surface area contributed by atoms with Crippen LogP contribution >= 0.6 is 11.6 Å². The number of halogens is 1. The molecule has 9 heteroatoms. The Labute approximate surface area is 207 Å². The van der Waals surface area contributed by atoms with E-state index in [0.29, 0.717) is 40.1 Å². The Balaban J connectivity index is 1.26. The Morgan fingerprint density at radius 3 is 2.51 bits per heavy atom. The molecule has 0 atom stereocenters. The monoisotopic (exact) mass is 487 g/mol. The Kier molecular flexibility index (Phi) is 4.58. The number of aromatic nitrogens is 6. The molecule has 4 fully saturated rings. The molecule has 0 saturated heterocycles. The van der Waals surface area contributed by atoms with Crippen molar-refractivity contribution in [3.05, 3.63) is 53.6 Å². The zero-order valence-electron chi connectivity index (χ0n) is 19.5. The Hall–Kier alpha value is -3.26. The highest BCUT2D eigenvalue weighted by Gasteiger charge is 2.54. The highest BCUT2D eigenvalue weighted by molar-refractivity contribution is 6.30. The average molecular weight is 488 g/mol. The molecule has 8 nitrogen and oxygen atoms in total. The van der Waals surface area contributed by atoms with Gasteiger partial charge in [-0.3, -0.25) is 4.79 Å². The molecular weight excluding hydrogens is 462 g/mol. The summed E-state index contributed by atoms with van der Waals surface area (Å²) in [6.45, 7) is 1.92. The van der Waals surface area contributed by atoms with Crippen LogP contribution in [0.3, 0.4) is 0 Å². The van der Waals surface area contributed by atoms with Crippen LogP contribution in [0.4, 0.5) is 5.82 Å². The van der Waals surface area contributed by atoms with Gasteiger partial charge in [0.15, 0.2) is 11.5 Å². The Bertz CT molecular complexity index is 1440. The molecule has 0 unspecified atom stereocenters. The molecule has 0 aliphatic heterocycles. The summed E-state index contributed by atoms with van der Waals surface area (Å²) in [5, 5.41) is 13.8. The fourth-order valence-electron chi connectivity index (χ4n) is 7.18. The van der Waals surface area contributed by atoms with Gasteiger partial charge in [0.1, 0.15) is 12.1 Å². The van der Waals surface area contributed by atoms with Gasteiger partial charge in [0.25, 0.3) is 0 Å². The number of aryl methyl sites for hydroxylation is 1. The maximum Gasteiger partial charge on any atom is 0.231 e. The van der Waals surface area contributed by atoms with Crippen molar-refractivity contribution < 1.29 is 4.79 Å². The van der Waals surface area contributed by atoms with Crippen molar-refractivity contribution in [3.63, 3.8) is 0 Å². The fourth-order valence-corrected chi connectivity index (χ4v) is 7.37. The van der Waals surface area contributed by atoms with Gasteiger partial charge in [0.2, 0.25) is 5.91 Å². The number of nitrogens with zero attached hydrogens (tertiary/aromatic N) is 6. The molecule has 0 spiro atoms. The maximum atomic E-state index is 13.7. The van der Waals surface area contributed by atoms with Gasteiger partial charge in [-0.25, -0.2) is 14.6 Å². The molecule has 35 heavy (non-hydrogen) atoms. The van der Waals surface area contributed by atoms with Crippen molar-refractivity contribution in [2.45, 2.75) is 45.4 Å². The van der Waals surface area contributed by atoms with Gasteiger partial charge >= 0.3 is 0 Å². The third-order valence-electron chi connectivity index (χ3n) is 8.19. The van der Waals surface area contributed by atoms with Crippen molar-refractivity contribution >= 4 is 34.4 Å². The molecule has 3 aromatic heterocycles. The third-order valence-corrected chi connectivity index (χ3v) is 8.43. The number of nitrogens with one attached hydrogen (secondary N) is 1. The predicted molar refractivity (Wildman–Crippen MR) is 133 cm³/mol. The summed E-state index contributed by atoms with van der Waals surface area (Å²) in [6.07, 6.45) is 10.2. The van der Waals surface area contributed by atoms with Crippen molar-refractivity contribution in [2.24, 2.45) is 23.2 Å². The molecule has 4 aromatic rings. The van der Waals surface area contributed by atoms with E-state index in [4.69, 9.17) is 11.6 Å². The third kappa shape index (κ3) is 3.37. The summed E-state index contributed by atoms with van der Waals surface area (Å²) in [5.41, 5.74) is 2.02. The summed E-state index contributed by atoms with van der Waals surface area (Å²) < 4.78 is 3.44. The molecule has 178 valence electrons. The molecule has 4 bridgehead atoms. The SMILES string of the molecule is Cc1cc(NC(=O)C23CC4CC(CC(C4)C2)C3)n(-c2ncnc3c2cnn3-c2cccc(Cl)c2)n1. The standard InChI is InChI=1S/C26H26ClN7O/c1-15-5-22(31-25(35)26-10-16-6-17(11-26)8-18(7-16)12-26)34(32-15)24-21-13-30-33(23(21)28-14-29-24)20-4-2-3-19(27)9-20/h2-5,9,13-14,16-18H,6-8,10-12H2,1H3,(H,31,35). The van der Waals surface area contributed by atoms with Crippen molar-refractivity contribution in [1.29, 1.82) is 0 Å².